The Hall–Kier alpha value is -1.12. The summed E-state index contributed by atoms with van der Waals surface area (Å²) in [4.78, 5) is 2.22. The number of anilines is 1. The van der Waals surface area contributed by atoms with Gasteiger partial charge in [0.2, 0.25) is 0 Å². The van der Waals surface area contributed by atoms with Gasteiger partial charge in [0, 0.05) is 13.0 Å². The molecule has 2 rings (SSSR count). The van der Waals surface area contributed by atoms with Gasteiger partial charge in [-0.1, -0.05) is 26.0 Å². The zero-order valence-corrected chi connectivity index (χ0v) is 9.24. The number of fused-ring (bicyclic) bond motifs is 1. The summed E-state index contributed by atoms with van der Waals surface area (Å²) in [5.74, 6) is 1.45. The summed E-state index contributed by atoms with van der Waals surface area (Å²) in [5, 5.41) is 0. The number of ether oxygens (including phenoxy) is 1. The quantitative estimate of drug-likeness (QED) is 0.620. The first-order valence-electron chi connectivity index (χ1n) is 5.07. The van der Waals surface area contributed by atoms with Gasteiger partial charge in [0.25, 0.3) is 0 Å². The Morgan fingerprint density at radius 2 is 2.00 bits per heavy atom. The molecule has 2 nitrogen and oxygen atoms in total. The normalized spacial score (nSPS) is 25.0. The van der Waals surface area contributed by atoms with E-state index >= 15 is 0 Å². The van der Waals surface area contributed by atoms with Gasteiger partial charge in [-0.15, -0.1) is 0 Å². The summed E-state index contributed by atoms with van der Waals surface area (Å²) in [5.41, 5.74) is 0.979. The monoisotopic (exact) mass is 189 g/mol. The maximum atomic E-state index is 5.99. The van der Waals surface area contributed by atoms with Crippen LogP contribution in [0, 0.1) is 5.92 Å². The Bertz CT molecular complexity index is 353. The second kappa shape index (κ2) is 2.94. The molecule has 74 valence electrons. The first-order chi connectivity index (χ1) is 6.55. The number of rotatable bonds is 1. The molecule has 1 heterocycles. The smallest absolute Gasteiger partial charge is 0.186 e. The number of hydrogen-bond acceptors (Lipinski definition) is 2. The Labute approximate surface area is 86.3 Å². The summed E-state index contributed by atoms with van der Waals surface area (Å²) < 4.78 is 5.99. The van der Waals surface area contributed by atoms with E-state index in [1.807, 2.05) is 18.2 Å². The molecule has 1 atom stereocenters. The van der Waals surface area contributed by atoms with Crippen molar-refractivity contribution in [1.82, 2.24) is 0 Å². The van der Waals surface area contributed by atoms with Crippen LogP contribution in [-0.2, 0) is 0 Å². The van der Waals surface area contributed by atoms with Crippen molar-refractivity contribution >= 4 is 13.5 Å². The van der Waals surface area contributed by atoms with Crippen LogP contribution in [0.15, 0.2) is 24.3 Å². The van der Waals surface area contributed by atoms with Crippen molar-refractivity contribution in [3.05, 3.63) is 24.3 Å². The minimum absolute atomic E-state index is 0.205. The molecular weight excluding hydrogens is 173 g/mol. The van der Waals surface area contributed by atoms with Crippen molar-refractivity contribution in [2.45, 2.75) is 19.5 Å². The van der Waals surface area contributed by atoms with Crippen LogP contribution >= 0.6 is 0 Å². The lowest BCUT2D eigenvalue weighted by molar-refractivity contribution is 0.130. The molecule has 0 saturated heterocycles. The number of para-hydroxylation sites is 2. The van der Waals surface area contributed by atoms with Gasteiger partial charge in [0.05, 0.1) is 5.69 Å². The average molecular weight is 189 g/mol. The Morgan fingerprint density at radius 3 is 2.57 bits per heavy atom. The van der Waals surface area contributed by atoms with E-state index < -0.39 is 0 Å². The first kappa shape index (κ1) is 9.44. The highest BCUT2D eigenvalue weighted by atomic mass is 16.5. The van der Waals surface area contributed by atoms with Crippen molar-refractivity contribution < 1.29 is 4.74 Å². The Morgan fingerprint density at radius 1 is 1.36 bits per heavy atom. The fraction of sp³-hybridized carbons (Fsp3) is 0.455. The zero-order chi connectivity index (χ0) is 10.3. The molecule has 0 saturated carbocycles. The number of benzene rings is 1. The molecule has 3 heteroatoms. The van der Waals surface area contributed by atoms with Crippen LogP contribution in [0.1, 0.15) is 13.8 Å². The summed E-state index contributed by atoms with van der Waals surface area (Å²) >= 11 is 0. The third kappa shape index (κ3) is 1.12. The lowest BCUT2D eigenvalue weighted by atomic mass is 9.80. The van der Waals surface area contributed by atoms with Gasteiger partial charge < -0.3 is 9.64 Å². The van der Waals surface area contributed by atoms with Gasteiger partial charge in [0.15, 0.2) is 7.85 Å². The second-order valence-corrected chi connectivity index (χ2v) is 4.34. The van der Waals surface area contributed by atoms with Crippen LogP contribution in [0.25, 0.3) is 0 Å². The topological polar surface area (TPSA) is 12.5 Å². The largest absolute Gasteiger partial charge is 0.474 e. The van der Waals surface area contributed by atoms with E-state index in [9.17, 15) is 0 Å². The van der Waals surface area contributed by atoms with Crippen LogP contribution in [0.5, 0.6) is 5.75 Å². The summed E-state index contributed by atoms with van der Waals surface area (Å²) in [7, 11) is 4.23. The second-order valence-electron chi connectivity index (χ2n) is 4.34. The van der Waals surface area contributed by atoms with Gasteiger partial charge in [-0.2, -0.15) is 0 Å². The standard InChI is InChI=1S/C11H16BNO/c1-8(2)11(12)13(3)9-6-4-5-7-10(9)14-11/h4-8H,12H2,1-3H3. The van der Waals surface area contributed by atoms with Crippen LogP contribution in [0.3, 0.4) is 0 Å². The van der Waals surface area contributed by atoms with Gasteiger partial charge in [-0.3, -0.25) is 0 Å². The molecule has 1 aromatic carbocycles. The van der Waals surface area contributed by atoms with E-state index in [2.05, 4.69) is 39.7 Å². The molecule has 0 aromatic heterocycles. The zero-order valence-electron chi connectivity index (χ0n) is 9.24. The van der Waals surface area contributed by atoms with Crippen LogP contribution < -0.4 is 9.64 Å². The molecule has 0 fully saturated rings. The van der Waals surface area contributed by atoms with Crippen molar-refractivity contribution in [1.29, 1.82) is 0 Å². The van der Waals surface area contributed by atoms with E-state index in [0.29, 0.717) is 5.92 Å². The maximum Gasteiger partial charge on any atom is 0.186 e. The highest BCUT2D eigenvalue weighted by molar-refractivity contribution is 6.17. The highest BCUT2D eigenvalue weighted by Gasteiger charge is 2.41. The lowest BCUT2D eigenvalue weighted by Gasteiger charge is -2.36. The van der Waals surface area contributed by atoms with Gasteiger partial charge in [-0.05, 0) is 12.1 Å². The molecule has 1 aliphatic heterocycles. The predicted octanol–water partition coefficient (Wildman–Crippen LogP) is 1.46. The number of nitrogens with zero attached hydrogens (tertiary/aromatic N) is 1. The van der Waals surface area contributed by atoms with Crippen molar-refractivity contribution in [3.8, 4) is 5.75 Å². The average Bonchev–Trinajstić information content (AvgIpc) is 2.42. The van der Waals surface area contributed by atoms with Gasteiger partial charge >= 0.3 is 0 Å². The summed E-state index contributed by atoms with van der Waals surface area (Å²) in [6, 6.07) is 8.19. The van der Waals surface area contributed by atoms with Crippen LogP contribution in [-0.4, -0.2) is 20.5 Å². The Kier molecular flexibility index (Phi) is 1.98. The molecule has 0 amide bonds. The van der Waals surface area contributed by atoms with Crippen molar-refractivity contribution in [3.63, 3.8) is 0 Å². The fourth-order valence-corrected chi connectivity index (χ4v) is 1.86. The predicted molar refractivity (Wildman–Crippen MR) is 61.6 cm³/mol. The van der Waals surface area contributed by atoms with E-state index in [0.717, 1.165) is 5.75 Å². The molecule has 0 N–H and O–H groups in total. The van der Waals surface area contributed by atoms with E-state index in [1.165, 1.54) is 5.69 Å². The molecule has 0 radical (unpaired) electrons. The molecule has 1 aromatic rings. The third-order valence-corrected chi connectivity index (χ3v) is 3.28. The fourth-order valence-electron chi connectivity index (χ4n) is 1.86. The van der Waals surface area contributed by atoms with E-state index in [1.54, 1.807) is 0 Å². The van der Waals surface area contributed by atoms with E-state index in [-0.39, 0.29) is 5.62 Å². The molecule has 0 aliphatic carbocycles. The number of hydrogen-bond donors (Lipinski definition) is 0. The molecule has 0 bridgehead atoms. The molecule has 0 spiro atoms. The van der Waals surface area contributed by atoms with Gasteiger partial charge in [-0.25, -0.2) is 0 Å². The summed E-state index contributed by atoms with van der Waals surface area (Å²) in [6.07, 6.45) is 0. The van der Waals surface area contributed by atoms with Crippen molar-refractivity contribution in [2.24, 2.45) is 5.92 Å². The minimum Gasteiger partial charge on any atom is -0.474 e. The first-order valence-corrected chi connectivity index (χ1v) is 5.07. The Balaban J connectivity index is 2.43. The molecule has 14 heavy (non-hydrogen) atoms. The SMILES string of the molecule is BC1(C(C)C)Oc2ccccc2N1C. The van der Waals surface area contributed by atoms with Gasteiger partial charge in [0.1, 0.15) is 11.4 Å². The molecule has 1 unspecified atom stereocenters. The molecule has 1 aliphatic rings. The minimum atomic E-state index is -0.205. The maximum absolute atomic E-state index is 5.99. The van der Waals surface area contributed by atoms with Crippen molar-refractivity contribution in [2.75, 3.05) is 11.9 Å². The van der Waals surface area contributed by atoms with Crippen LogP contribution in [0.4, 0.5) is 5.69 Å². The lowest BCUT2D eigenvalue weighted by Crippen LogP contribution is -2.52. The van der Waals surface area contributed by atoms with Crippen LogP contribution in [0.2, 0.25) is 0 Å². The third-order valence-electron chi connectivity index (χ3n) is 3.28. The summed E-state index contributed by atoms with van der Waals surface area (Å²) in [6.45, 7) is 4.37. The van der Waals surface area contributed by atoms with E-state index in [4.69, 9.17) is 4.74 Å². The highest BCUT2D eigenvalue weighted by Crippen LogP contribution is 2.42. The molecular formula is C11H16BNO.